The van der Waals surface area contributed by atoms with Gasteiger partial charge < -0.3 is 15.4 Å². The standard InChI is InChI=1S/C18H26N2O2.ClH/c19-11-15-12-20(13-17(15)14-5-2-1-3-6-14)18(21)9-8-16-7-4-10-22-16;/h1-3,5-6,15-17H,4,7-13,19H2;1H/t15-,16?,17+;/m1./s1. The maximum absolute atomic E-state index is 12.5. The molecule has 0 aromatic heterocycles. The van der Waals surface area contributed by atoms with Crippen molar-refractivity contribution in [3.05, 3.63) is 35.9 Å². The normalized spacial score (nSPS) is 27.0. The second-order valence-corrected chi connectivity index (χ2v) is 6.49. The summed E-state index contributed by atoms with van der Waals surface area (Å²) in [7, 11) is 0. The van der Waals surface area contributed by atoms with Crippen LogP contribution < -0.4 is 5.73 Å². The molecule has 0 spiro atoms. The van der Waals surface area contributed by atoms with Gasteiger partial charge in [-0.15, -0.1) is 12.4 Å². The number of ether oxygens (including phenoxy) is 1. The summed E-state index contributed by atoms with van der Waals surface area (Å²) in [6.07, 6.45) is 3.99. The summed E-state index contributed by atoms with van der Waals surface area (Å²) in [5, 5.41) is 0. The highest BCUT2D eigenvalue weighted by Gasteiger charge is 2.35. The van der Waals surface area contributed by atoms with Crippen LogP contribution in [-0.2, 0) is 9.53 Å². The van der Waals surface area contributed by atoms with Gasteiger partial charge in [0.15, 0.2) is 0 Å². The van der Waals surface area contributed by atoms with Gasteiger partial charge in [0, 0.05) is 32.0 Å². The van der Waals surface area contributed by atoms with Crippen LogP contribution in [0.2, 0.25) is 0 Å². The molecule has 5 heteroatoms. The van der Waals surface area contributed by atoms with E-state index >= 15 is 0 Å². The summed E-state index contributed by atoms with van der Waals surface area (Å²) < 4.78 is 5.61. The van der Waals surface area contributed by atoms with Crippen molar-refractivity contribution in [2.75, 3.05) is 26.2 Å². The van der Waals surface area contributed by atoms with E-state index in [-0.39, 0.29) is 18.3 Å². The van der Waals surface area contributed by atoms with E-state index in [1.165, 1.54) is 5.56 Å². The number of likely N-dealkylation sites (tertiary alicyclic amines) is 1. The number of amides is 1. The van der Waals surface area contributed by atoms with E-state index in [4.69, 9.17) is 10.5 Å². The molecule has 4 nitrogen and oxygen atoms in total. The van der Waals surface area contributed by atoms with Crippen molar-refractivity contribution in [3.63, 3.8) is 0 Å². The third-order valence-corrected chi connectivity index (χ3v) is 5.03. The fraction of sp³-hybridized carbons (Fsp3) is 0.611. The molecular weight excluding hydrogens is 312 g/mol. The minimum Gasteiger partial charge on any atom is -0.378 e. The largest absolute Gasteiger partial charge is 0.378 e. The smallest absolute Gasteiger partial charge is 0.222 e. The molecule has 1 amide bonds. The fourth-order valence-corrected chi connectivity index (χ4v) is 3.71. The molecule has 128 valence electrons. The average Bonchev–Trinajstić information content (AvgIpc) is 3.22. The van der Waals surface area contributed by atoms with Crippen LogP contribution in [0.25, 0.3) is 0 Å². The lowest BCUT2D eigenvalue weighted by atomic mass is 9.89. The van der Waals surface area contributed by atoms with Crippen LogP contribution in [0, 0.1) is 5.92 Å². The Morgan fingerprint density at radius 2 is 2.04 bits per heavy atom. The second kappa shape index (κ2) is 8.67. The molecule has 0 saturated carbocycles. The van der Waals surface area contributed by atoms with Crippen molar-refractivity contribution in [1.82, 2.24) is 4.90 Å². The Bertz CT molecular complexity index is 491. The lowest BCUT2D eigenvalue weighted by Crippen LogP contribution is -2.30. The van der Waals surface area contributed by atoms with E-state index in [1.54, 1.807) is 0 Å². The Morgan fingerprint density at radius 3 is 2.70 bits per heavy atom. The summed E-state index contributed by atoms with van der Waals surface area (Å²) in [6, 6.07) is 10.4. The molecule has 1 unspecified atom stereocenters. The van der Waals surface area contributed by atoms with Gasteiger partial charge in [0.1, 0.15) is 0 Å². The van der Waals surface area contributed by atoms with Gasteiger partial charge in [-0.05, 0) is 37.3 Å². The highest BCUT2D eigenvalue weighted by Crippen LogP contribution is 2.32. The van der Waals surface area contributed by atoms with Gasteiger partial charge in [-0.1, -0.05) is 30.3 Å². The average molecular weight is 339 g/mol. The summed E-state index contributed by atoms with van der Waals surface area (Å²) in [4.78, 5) is 14.5. The van der Waals surface area contributed by atoms with Crippen LogP contribution in [0.3, 0.4) is 0 Å². The van der Waals surface area contributed by atoms with Crippen LogP contribution in [0.4, 0.5) is 0 Å². The van der Waals surface area contributed by atoms with Crippen molar-refractivity contribution in [2.45, 2.75) is 37.7 Å². The molecule has 2 aliphatic rings. The predicted molar refractivity (Wildman–Crippen MR) is 93.8 cm³/mol. The van der Waals surface area contributed by atoms with Gasteiger partial charge in [0.25, 0.3) is 0 Å². The topological polar surface area (TPSA) is 55.6 Å². The lowest BCUT2D eigenvalue weighted by molar-refractivity contribution is -0.130. The minimum absolute atomic E-state index is 0. The van der Waals surface area contributed by atoms with Gasteiger partial charge in [-0.3, -0.25) is 4.79 Å². The number of rotatable bonds is 5. The van der Waals surface area contributed by atoms with Crippen molar-refractivity contribution in [3.8, 4) is 0 Å². The third-order valence-electron chi connectivity index (χ3n) is 5.03. The first kappa shape index (κ1) is 18.2. The van der Waals surface area contributed by atoms with Gasteiger partial charge in [-0.25, -0.2) is 0 Å². The quantitative estimate of drug-likeness (QED) is 0.897. The molecule has 1 aromatic rings. The van der Waals surface area contributed by atoms with Crippen molar-refractivity contribution in [2.24, 2.45) is 11.7 Å². The molecular formula is C18H27ClN2O2. The third kappa shape index (κ3) is 4.46. The summed E-state index contributed by atoms with van der Waals surface area (Å²) >= 11 is 0. The van der Waals surface area contributed by atoms with Crippen molar-refractivity contribution >= 4 is 18.3 Å². The number of carbonyl (C=O) groups excluding carboxylic acids is 1. The van der Waals surface area contributed by atoms with Gasteiger partial charge >= 0.3 is 0 Å². The molecule has 0 aliphatic carbocycles. The SMILES string of the molecule is Cl.NC[C@@H]1CN(C(=O)CCC2CCCO2)C[C@H]1c1ccccc1. The number of carbonyl (C=O) groups is 1. The first-order chi connectivity index (χ1) is 10.8. The number of halogens is 1. The van der Waals surface area contributed by atoms with E-state index in [0.717, 1.165) is 39.0 Å². The van der Waals surface area contributed by atoms with E-state index in [1.807, 2.05) is 11.0 Å². The Hall–Kier alpha value is -1.10. The van der Waals surface area contributed by atoms with Crippen molar-refractivity contribution < 1.29 is 9.53 Å². The summed E-state index contributed by atoms with van der Waals surface area (Å²) in [5.74, 6) is 0.999. The van der Waals surface area contributed by atoms with Gasteiger partial charge in [-0.2, -0.15) is 0 Å². The highest BCUT2D eigenvalue weighted by molar-refractivity contribution is 5.85. The molecule has 2 aliphatic heterocycles. The molecule has 3 atom stereocenters. The Kier molecular flexibility index (Phi) is 6.88. The zero-order valence-corrected chi connectivity index (χ0v) is 14.3. The van der Waals surface area contributed by atoms with Crippen molar-refractivity contribution in [1.29, 1.82) is 0 Å². The monoisotopic (exact) mass is 338 g/mol. The number of nitrogens with two attached hydrogens (primary N) is 1. The number of nitrogens with zero attached hydrogens (tertiary/aromatic N) is 1. The molecule has 2 heterocycles. The van der Waals surface area contributed by atoms with E-state index < -0.39 is 0 Å². The number of benzene rings is 1. The Morgan fingerprint density at radius 1 is 1.26 bits per heavy atom. The molecule has 2 fully saturated rings. The fourth-order valence-electron chi connectivity index (χ4n) is 3.71. The lowest BCUT2D eigenvalue weighted by Gasteiger charge is -2.18. The van der Waals surface area contributed by atoms with Crippen LogP contribution >= 0.6 is 12.4 Å². The predicted octanol–water partition coefficient (Wildman–Crippen LogP) is 2.57. The zero-order valence-electron chi connectivity index (χ0n) is 13.5. The van der Waals surface area contributed by atoms with Crippen LogP contribution in [-0.4, -0.2) is 43.2 Å². The molecule has 0 bridgehead atoms. The highest BCUT2D eigenvalue weighted by atomic mass is 35.5. The van der Waals surface area contributed by atoms with E-state index in [9.17, 15) is 4.79 Å². The minimum atomic E-state index is 0. The van der Waals surface area contributed by atoms with E-state index in [2.05, 4.69) is 24.3 Å². The number of hydrogen-bond donors (Lipinski definition) is 1. The zero-order chi connectivity index (χ0) is 15.4. The number of hydrogen-bond acceptors (Lipinski definition) is 3. The van der Waals surface area contributed by atoms with Crippen LogP contribution in [0.15, 0.2) is 30.3 Å². The summed E-state index contributed by atoms with van der Waals surface area (Å²) in [6.45, 7) is 3.08. The molecule has 2 saturated heterocycles. The summed E-state index contributed by atoms with van der Waals surface area (Å²) in [5.41, 5.74) is 7.24. The molecule has 3 rings (SSSR count). The molecule has 2 N–H and O–H groups in total. The van der Waals surface area contributed by atoms with Crippen LogP contribution in [0.1, 0.15) is 37.2 Å². The maximum Gasteiger partial charge on any atom is 0.222 e. The second-order valence-electron chi connectivity index (χ2n) is 6.49. The Balaban J connectivity index is 0.00000192. The first-order valence-corrected chi connectivity index (χ1v) is 8.42. The molecule has 1 aromatic carbocycles. The van der Waals surface area contributed by atoms with Gasteiger partial charge in [0.2, 0.25) is 5.91 Å². The van der Waals surface area contributed by atoms with Crippen LogP contribution in [0.5, 0.6) is 0 Å². The molecule has 0 radical (unpaired) electrons. The Labute approximate surface area is 144 Å². The molecule has 23 heavy (non-hydrogen) atoms. The van der Waals surface area contributed by atoms with E-state index in [0.29, 0.717) is 30.9 Å². The maximum atomic E-state index is 12.5. The first-order valence-electron chi connectivity index (χ1n) is 8.42. The van der Waals surface area contributed by atoms with Gasteiger partial charge in [0.05, 0.1) is 6.10 Å².